The lowest BCUT2D eigenvalue weighted by Crippen LogP contribution is -2.00. The topological polar surface area (TPSA) is 18.5 Å². The van der Waals surface area contributed by atoms with Crippen LogP contribution >= 0.6 is 15.9 Å². The predicted octanol–water partition coefficient (Wildman–Crippen LogP) is 2.88. The normalized spacial score (nSPS) is 10.1. The Morgan fingerprint density at radius 2 is 1.86 bits per heavy atom. The van der Waals surface area contributed by atoms with Gasteiger partial charge in [0, 0.05) is 10.9 Å². The zero-order valence-electron chi connectivity index (χ0n) is 7.73. The Morgan fingerprint density at radius 1 is 1.21 bits per heavy atom. The Labute approximate surface area is 89.0 Å². The van der Waals surface area contributed by atoms with Crippen molar-refractivity contribution < 1.29 is 18.3 Å². The molecule has 0 spiro atoms. The number of methoxy groups -OCH3 is 2. The van der Waals surface area contributed by atoms with E-state index in [1.54, 1.807) is 0 Å². The van der Waals surface area contributed by atoms with E-state index in [4.69, 9.17) is 4.74 Å². The molecule has 0 bridgehead atoms. The molecule has 0 fully saturated rings. The highest BCUT2D eigenvalue weighted by atomic mass is 79.9. The third-order valence-corrected chi connectivity index (χ3v) is 2.37. The number of alkyl halides is 1. The van der Waals surface area contributed by atoms with E-state index in [2.05, 4.69) is 20.7 Å². The van der Waals surface area contributed by atoms with Crippen LogP contribution in [-0.4, -0.2) is 14.2 Å². The zero-order valence-corrected chi connectivity index (χ0v) is 9.32. The minimum Gasteiger partial charge on any atom is -0.494 e. The van der Waals surface area contributed by atoms with Crippen molar-refractivity contribution in [1.29, 1.82) is 0 Å². The highest BCUT2D eigenvalue weighted by Gasteiger charge is 2.18. The molecule has 0 saturated carbocycles. The molecule has 0 radical (unpaired) electrons. The minimum atomic E-state index is -0.822. The van der Waals surface area contributed by atoms with Crippen LogP contribution in [0.1, 0.15) is 5.56 Å². The summed E-state index contributed by atoms with van der Waals surface area (Å²) < 4.78 is 36.1. The molecular formula is C9H9BrF2O2. The molecule has 0 unspecified atom stereocenters. The SMILES string of the molecule is COc1cc(CBr)c(F)c(OC)c1F. The summed E-state index contributed by atoms with van der Waals surface area (Å²) in [5.74, 6) is -1.98. The van der Waals surface area contributed by atoms with Crippen LogP contribution in [0, 0.1) is 11.6 Å². The van der Waals surface area contributed by atoms with Crippen LogP contribution in [0.2, 0.25) is 0 Å². The first kappa shape index (κ1) is 11.2. The van der Waals surface area contributed by atoms with Crippen LogP contribution in [0.4, 0.5) is 8.78 Å². The van der Waals surface area contributed by atoms with Gasteiger partial charge in [0.15, 0.2) is 17.3 Å². The van der Waals surface area contributed by atoms with Crippen LogP contribution in [-0.2, 0) is 5.33 Å². The van der Waals surface area contributed by atoms with Crippen LogP contribution in [0.3, 0.4) is 0 Å². The second kappa shape index (κ2) is 4.59. The van der Waals surface area contributed by atoms with E-state index in [1.165, 1.54) is 20.3 Å². The van der Waals surface area contributed by atoms with Crippen LogP contribution in [0.15, 0.2) is 6.07 Å². The fourth-order valence-electron chi connectivity index (χ4n) is 1.06. The molecule has 14 heavy (non-hydrogen) atoms. The monoisotopic (exact) mass is 266 g/mol. The maximum atomic E-state index is 13.4. The first-order valence-electron chi connectivity index (χ1n) is 3.80. The van der Waals surface area contributed by atoms with E-state index < -0.39 is 17.4 Å². The number of hydrogen-bond donors (Lipinski definition) is 0. The van der Waals surface area contributed by atoms with Gasteiger partial charge in [0.25, 0.3) is 0 Å². The Bertz CT molecular complexity index is 314. The van der Waals surface area contributed by atoms with Crippen molar-refractivity contribution in [3.63, 3.8) is 0 Å². The van der Waals surface area contributed by atoms with Gasteiger partial charge < -0.3 is 9.47 Å². The van der Waals surface area contributed by atoms with Gasteiger partial charge in [0.05, 0.1) is 14.2 Å². The first-order valence-corrected chi connectivity index (χ1v) is 4.92. The molecule has 0 aliphatic carbocycles. The standard InChI is InChI=1S/C9H9BrF2O2/c1-13-6-3-5(4-10)7(11)9(14-2)8(6)12/h3H,4H2,1-2H3. The summed E-state index contributed by atoms with van der Waals surface area (Å²) in [6, 6.07) is 1.29. The lowest BCUT2D eigenvalue weighted by atomic mass is 10.2. The highest BCUT2D eigenvalue weighted by molar-refractivity contribution is 9.08. The average molecular weight is 267 g/mol. The predicted molar refractivity (Wildman–Crippen MR) is 52.1 cm³/mol. The molecular weight excluding hydrogens is 258 g/mol. The quantitative estimate of drug-likeness (QED) is 0.784. The number of halogens is 3. The third kappa shape index (κ3) is 1.82. The highest BCUT2D eigenvalue weighted by Crippen LogP contribution is 2.32. The molecule has 1 aromatic rings. The van der Waals surface area contributed by atoms with Gasteiger partial charge in [-0.2, -0.15) is 4.39 Å². The fourth-order valence-corrected chi connectivity index (χ4v) is 1.47. The van der Waals surface area contributed by atoms with Crippen molar-refractivity contribution in [2.24, 2.45) is 0 Å². The summed E-state index contributed by atoms with van der Waals surface area (Å²) in [6.07, 6.45) is 0. The summed E-state index contributed by atoms with van der Waals surface area (Å²) in [5.41, 5.74) is 0.292. The van der Waals surface area contributed by atoms with Crippen molar-refractivity contribution in [2.45, 2.75) is 5.33 Å². The van der Waals surface area contributed by atoms with E-state index in [9.17, 15) is 8.78 Å². The molecule has 0 aromatic heterocycles. The van der Waals surface area contributed by atoms with Crippen molar-refractivity contribution in [1.82, 2.24) is 0 Å². The van der Waals surface area contributed by atoms with Crippen molar-refractivity contribution >= 4 is 15.9 Å². The summed E-state index contributed by atoms with van der Waals surface area (Å²) in [7, 11) is 2.52. The van der Waals surface area contributed by atoms with E-state index in [0.29, 0.717) is 5.56 Å². The molecule has 0 atom stereocenters. The second-order valence-corrected chi connectivity index (χ2v) is 3.09. The van der Waals surface area contributed by atoms with Crippen molar-refractivity contribution in [3.05, 3.63) is 23.3 Å². The largest absolute Gasteiger partial charge is 0.494 e. The van der Waals surface area contributed by atoms with Gasteiger partial charge in [-0.25, -0.2) is 4.39 Å². The molecule has 1 aromatic carbocycles. The Morgan fingerprint density at radius 3 is 2.29 bits per heavy atom. The molecule has 5 heteroatoms. The Balaban J connectivity index is 3.39. The lowest BCUT2D eigenvalue weighted by Gasteiger charge is -2.10. The summed E-state index contributed by atoms with van der Waals surface area (Å²) in [6.45, 7) is 0. The van der Waals surface area contributed by atoms with Crippen LogP contribution in [0.25, 0.3) is 0 Å². The van der Waals surface area contributed by atoms with Crippen molar-refractivity contribution in [2.75, 3.05) is 14.2 Å². The number of benzene rings is 1. The van der Waals surface area contributed by atoms with E-state index in [-0.39, 0.29) is 11.1 Å². The summed E-state index contributed by atoms with van der Waals surface area (Å²) in [5, 5.41) is 0.270. The Kier molecular flexibility index (Phi) is 3.69. The molecule has 0 saturated heterocycles. The number of rotatable bonds is 3. The molecule has 0 N–H and O–H groups in total. The van der Waals surface area contributed by atoms with Gasteiger partial charge in [-0.1, -0.05) is 15.9 Å². The maximum absolute atomic E-state index is 13.4. The second-order valence-electron chi connectivity index (χ2n) is 2.53. The van der Waals surface area contributed by atoms with Gasteiger partial charge in [-0.15, -0.1) is 0 Å². The molecule has 0 aliphatic heterocycles. The van der Waals surface area contributed by atoms with Crippen molar-refractivity contribution in [3.8, 4) is 11.5 Å². The zero-order chi connectivity index (χ0) is 10.7. The van der Waals surface area contributed by atoms with Gasteiger partial charge >= 0.3 is 0 Å². The summed E-state index contributed by atoms with van der Waals surface area (Å²) in [4.78, 5) is 0. The molecule has 78 valence electrons. The summed E-state index contributed by atoms with van der Waals surface area (Å²) >= 11 is 3.09. The van der Waals surface area contributed by atoms with Crippen LogP contribution in [0.5, 0.6) is 11.5 Å². The first-order chi connectivity index (χ1) is 6.65. The Hall–Kier alpha value is -0.840. The van der Waals surface area contributed by atoms with E-state index >= 15 is 0 Å². The van der Waals surface area contributed by atoms with Crippen LogP contribution < -0.4 is 9.47 Å². The molecule has 2 nitrogen and oxygen atoms in total. The molecule has 1 rings (SSSR count). The van der Waals surface area contributed by atoms with Gasteiger partial charge in [-0.05, 0) is 6.07 Å². The number of ether oxygens (including phenoxy) is 2. The third-order valence-electron chi connectivity index (χ3n) is 1.77. The maximum Gasteiger partial charge on any atom is 0.209 e. The lowest BCUT2D eigenvalue weighted by molar-refractivity contribution is 0.332. The molecule has 0 heterocycles. The van der Waals surface area contributed by atoms with E-state index in [1.807, 2.05) is 0 Å². The average Bonchev–Trinajstić information content (AvgIpc) is 2.19. The smallest absolute Gasteiger partial charge is 0.209 e. The molecule has 0 amide bonds. The number of hydrogen-bond acceptors (Lipinski definition) is 2. The minimum absolute atomic E-state index is 0.0299. The fraction of sp³-hybridized carbons (Fsp3) is 0.333. The van der Waals surface area contributed by atoms with Gasteiger partial charge in [-0.3, -0.25) is 0 Å². The molecule has 0 aliphatic rings. The van der Waals surface area contributed by atoms with E-state index in [0.717, 1.165) is 0 Å². The van der Waals surface area contributed by atoms with Gasteiger partial charge in [0.1, 0.15) is 0 Å². The van der Waals surface area contributed by atoms with Gasteiger partial charge in [0.2, 0.25) is 5.82 Å².